The molecule has 0 aliphatic heterocycles. The van der Waals surface area contributed by atoms with Gasteiger partial charge < -0.3 is 19.5 Å². The Hall–Kier alpha value is -2.07. The molecule has 1 amide bonds. The van der Waals surface area contributed by atoms with Gasteiger partial charge in [0.15, 0.2) is 11.6 Å². The molecule has 1 unspecified atom stereocenters. The summed E-state index contributed by atoms with van der Waals surface area (Å²) < 4.78 is 32.1. The number of nitrogens with one attached hydrogen (secondary N) is 1. The fourth-order valence-corrected chi connectivity index (χ4v) is 3.64. The molecule has 186 valence electrons. The van der Waals surface area contributed by atoms with Crippen LogP contribution in [0.1, 0.15) is 54.0 Å². The molecule has 1 N–H and O–H groups in total. The van der Waals surface area contributed by atoms with Gasteiger partial charge in [0.05, 0.1) is 0 Å². The second-order valence-electron chi connectivity index (χ2n) is 10.1. The van der Waals surface area contributed by atoms with Crippen molar-refractivity contribution in [2.24, 2.45) is 0 Å². The van der Waals surface area contributed by atoms with Crippen molar-refractivity contribution in [2.45, 2.75) is 71.6 Å². The van der Waals surface area contributed by atoms with Crippen LogP contribution >= 0.6 is 34.2 Å². The molecule has 0 aliphatic carbocycles. The molecule has 0 fully saturated rings. The molecule has 0 radical (unpaired) electrons. The van der Waals surface area contributed by atoms with Crippen LogP contribution in [0.5, 0.6) is 11.5 Å². The summed E-state index contributed by atoms with van der Waals surface area (Å²) in [6.07, 6.45) is -0.809. The minimum absolute atomic E-state index is 0.0227. The lowest BCUT2D eigenvalue weighted by Crippen LogP contribution is -2.56. The standard InChI is InChI=1S/C25H30ClFINO5/c1-23(2,3)33-21(30)25(7,29-22(31)34-24(4,5)6)14-15-12-18(27)20(13-19(15)28)32-17-10-8-16(26)9-11-17/h8-13H,14H2,1-7H3,(H,29,31). The highest BCUT2D eigenvalue weighted by Crippen LogP contribution is 2.31. The summed E-state index contributed by atoms with van der Waals surface area (Å²) in [6, 6.07) is 9.36. The number of hydrogen-bond donors (Lipinski definition) is 1. The Morgan fingerprint density at radius 3 is 2.06 bits per heavy atom. The highest BCUT2D eigenvalue weighted by molar-refractivity contribution is 14.1. The summed E-state index contributed by atoms with van der Waals surface area (Å²) in [5.41, 5.74) is -2.57. The van der Waals surface area contributed by atoms with Gasteiger partial charge in [-0.25, -0.2) is 14.0 Å². The van der Waals surface area contributed by atoms with Crippen LogP contribution in [0.25, 0.3) is 0 Å². The van der Waals surface area contributed by atoms with Crippen LogP contribution < -0.4 is 10.1 Å². The lowest BCUT2D eigenvalue weighted by atomic mass is 9.92. The Morgan fingerprint density at radius 1 is 0.971 bits per heavy atom. The van der Waals surface area contributed by atoms with Gasteiger partial charge in [0, 0.05) is 15.0 Å². The maximum absolute atomic E-state index is 14.9. The van der Waals surface area contributed by atoms with Crippen molar-refractivity contribution >= 4 is 46.3 Å². The summed E-state index contributed by atoms with van der Waals surface area (Å²) in [4.78, 5) is 25.6. The van der Waals surface area contributed by atoms with Crippen molar-refractivity contribution in [1.82, 2.24) is 5.32 Å². The smallest absolute Gasteiger partial charge is 0.408 e. The van der Waals surface area contributed by atoms with E-state index in [1.165, 1.54) is 19.1 Å². The second-order valence-corrected chi connectivity index (χ2v) is 11.7. The van der Waals surface area contributed by atoms with Gasteiger partial charge in [-0.2, -0.15) is 0 Å². The lowest BCUT2D eigenvalue weighted by Gasteiger charge is -2.33. The van der Waals surface area contributed by atoms with Crippen molar-refractivity contribution in [2.75, 3.05) is 0 Å². The number of esters is 1. The zero-order valence-corrected chi connectivity index (χ0v) is 23.3. The monoisotopic (exact) mass is 605 g/mol. The molecule has 0 aliphatic rings. The molecule has 1 atom stereocenters. The average Bonchev–Trinajstić information content (AvgIpc) is 2.64. The Balaban J connectivity index is 2.35. The number of halogens is 3. The molecule has 0 bridgehead atoms. The van der Waals surface area contributed by atoms with Crippen molar-refractivity contribution in [3.8, 4) is 11.5 Å². The number of carbonyl (C=O) groups excluding carboxylic acids is 2. The maximum Gasteiger partial charge on any atom is 0.408 e. The predicted molar refractivity (Wildman–Crippen MR) is 138 cm³/mol. The van der Waals surface area contributed by atoms with E-state index in [0.29, 0.717) is 19.9 Å². The molecule has 2 rings (SSSR count). The molecule has 0 saturated carbocycles. The quantitative estimate of drug-likeness (QED) is 0.282. The summed E-state index contributed by atoms with van der Waals surface area (Å²) in [7, 11) is 0. The van der Waals surface area contributed by atoms with Crippen LogP contribution in [0.3, 0.4) is 0 Å². The average molecular weight is 606 g/mol. The van der Waals surface area contributed by atoms with E-state index in [1.54, 1.807) is 65.8 Å². The third-order valence-electron chi connectivity index (χ3n) is 4.31. The lowest BCUT2D eigenvalue weighted by molar-refractivity contribution is -0.162. The van der Waals surface area contributed by atoms with Crippen LogP contribution in [0.4, 0.5) is 9.18 Å². The number of ether oxygens (including phenoxy) is 3. The summed E-state index contributed by atoms with van der Waals surface area (Å²) in [6.45, 7) is 11.9. The first-order chi connectivity index (χ1) is 15.5. The predicted octanol–water partition coefficient (Wildman–Crippen LogP) is 7.04. The van der Waals surface area contributed by atoms with Crippen molar-refractivity contribution < 1.29 is 28.2 Å². The normalized spacial score (nSPS) is 13.6. The minimum Gasteiger partial charge on any atom is -0.458 e. The first kappa shape index (κ1) is 28.2. The topological polar surface area (TPSA) is 73.9 Å². The van der Waals surface area contributed by atoms with E-state index in [0.717, 1.165) is 0 Å². The van der Waals surface area contributed by atoms with Crippen molar-refractivity contribution in [3.63, 3.8) is 0 Å². The van der Waals surface area contributed by atoms with E-state index in [2.05, 4.69) is 5.32 Å². The number of rotatable bonds is 6. The number of benzene rings is 2. The highest BCUT2D eigenvalue weighted by atomic mass is 127. The van der Waals surface area contributed by atoms with Crippen LogP contribution in [0.2, 0.25) is 5.02 Å². The van der Waals surface area contributed by atoms with Crippen molar-refractivity contribution in [3.05, 3.63) is 56.4 Å². The van der Waals surface area contributed by atoms with Crippen LogP contribution in [0, 0.1) is 9.39 Å². The number of alkyl carbamates (subject to hydrolysis) is 1. The summed E-state index contributed by atoms with van der Waals surface area (Å²) in [5.74, 6) is -0.829. The Morgan fingerprint density at radius 2 is 1.53 bits per heavy atom. The number of hydrogen-bond acceptors (Lipinski definition) is 5. The molecule has 0 spiro atoms. The van der Waals surface area contributed by atoms with Gasteiger partial charge in [-0.15, -0.1) is 0 Å². The number of carbonyl (C=O) groups is 2. The molecular weight excluding hydrogens is 576 g/mol. The Labute approximate surface area is 218 Å². The highest BCUT2D eigenvalue weighted by Gasteiger charge is 2.40. The zero-order valence-electron chi connectivity index (χ0n) is 20.3. The molecule has 6 nitrogen and oxygen atoms in total. The summed E-state index contributed by atoms with van der Waals surface area (Å²) >= 11 is 7.92. The number of amides is 1. The van der Waals surface area contributed by atoms with Gasteiger partial charge in [0.1, 0.15) is 22.5 Å². The molecule has 2 aromatic rings. The van der Waals surface area contributed by atoms with E-state index in [1.807, 2.05) is 22.6 Å². The van der Waals surface area contributed by atoms with E-state index >= 15 is 0 Å². The molecular formula is C25H30ClFINO5. The molecule has 0 saturated heterocycles. The van der Waals surface area contributed by atoms with Crippen LogP contribution in [0.15, 0.2) is 36.4 Å². The fourth-order valence-electron chi connectivity index (χ4n) is 2.88. The van der Waals surface area contributed by atoms with Gasteiger partial charge in [-0.05, 0) is 113 Å². The third kappa shape index (κ3) is 8.61. The second kappa shape index (κ2) is 10.7. The molecule has 0 heterocycles. The third-order valence-corrected chi connectivity index (χ3v) is 5.57. The van der Waals surface area contributed by atoms with Gasteiger partial charge >= 0.3 is 12.1 Å². The van der Waals surface area contributed by atoms with E-state index in [-0.39, 0.29) is 12.2 Å². The largest absolute Gasteiger partial charge is 0.458 e. The minimum atomic E-state index is -1.51. The van der Waals surface area contributed by atoms with E-state index < -0.39 is 34.6 Å². The van der Waals surface area contributed by atoms with Gasteiger partial charge in [-0.3, -0.25) is 0 Å². The molecule has 9 heteroatoms. The molecule has 2 aromatic carbocycles. The van der Waals surface area contributed by atoms with E-state index in [4.69, 9.17) is 25.8 Å². The van der Waals surface area contributed by atoms with Gasteiger partial charge in [-0.1, -0.05) is 11.6 Å². The molecule has 0 aromatic heterocycles. The van der Waals surface area contributed by atoms with Crippen molar-refractivity contribution in [1.29, 1.82) is 0 Å². The van der Waals surface area contributed by atoms with Gasteiger partial charge in [0.25, 0.3) is 0 Å². The first-order valence-corrected chi connectivity index (χ1v) is 12.1. The zero-order chi connectivity index (χ0) is 25.9. The van der Waals surface area contributed by atoms with Gasteiger partial charge in [0.2, 0.25) is 0 Å². The SMILES string of the molecule is CC(C)(C)OC(=O)NC(C)(Cc1cc(F)c(Oc2ccc(Cl)cc2)cc1I)C(=O)OC(C)(C)C. The molecule has 34 heavy (non-hydrogen) atoms. The van der Waals surface area contributed by atoms with Crippen LogP contribution in [-0.4, -0.2) is 28.8 Å². The first-order valence-electron chi connectivity index (χ1n) is 10.6. The fraction of sp³-hybridized carbons (Fsp3) is 0.440. The Kier molecular flexibility index (Phi) is 8.85. The summed E-state index contributed by atoms with van der Waals surface area (Å²) in [5, 5.41) is 3.16. The van der Waals surface area contributed by atoms with Crippen LogP contribution in [-0.2, 0) is 20.7 Å². The Bertz CT molecular complexity index is 1050. The van der Waals surface area contributed by atoms with E-state index in [9.17, 15) is 14.0 Å². The maximum atomic E-state index is 14.9.